The Morgan fingerprint density at radius 1 is 0.900 bits per heavy atom. The number of nitrogens with zero attached hydrogens (tertiary/aromatic N) is 3. The molecule has 2 atom stereocenters. The number of piperazine rings is 2. The SMILES string of the molecule is CN1CCN(C2CNCCC2CN2CCNCC2)CC1. The first kappa shape index (κ1) is 14.7. The van der Waals surface area contributed by atoms with Crippen molar-refractivity contribution in [1.82, 2.24) is 25.3 Å². The predicted octanol–water partition coefficient (Wildman–Crippen LogP) is -0.883. The maximum atomic E-state index is 3.62. The molecule has 0 radical (unpaired) electrons. The second kappa shape index (κ2) is 7.18. The molecule has 0 spiro atoms. The maximum Gasteiger partial charge on any atom is 0.0262 e. The lowest BCUT2D eigenvalue weighted by Crippen LogP contribution is -2.59. The van der Waals surface area contributed by atoms with Gasteiger partial charge in [-0.05, 0) is 25.9 Å². The highest BCUT2D eigenvalue weighted by atomic mass is 15.3. The van der Waals surface area contributed by atoms with Crippen LogP contribution in [0.5, 0.6) is 0 Å². The molecule has 3 aliphatic heterocycles. The van der Waals surface area contributed by atoms with E-state index in [4.69, 9.17) is 0 Å². The van der Waals surface area contributed by atoms with Gasteiger partial charge in [0.05, 0.1) is 0 Å². The Hall–Kier alpha value is -0.200. The lowest BCUT2D eigenvalue weighted by Gasteiger charge is -2.45. The summed E-state index contributed by atoms with van der Waals surface area (Å²) in [5.41, 5.74) is 0. The van der Waals surface area contributed by atoms with Gasteiger partial charge in [0.25, 0.3) is 0 Å². The Bertz CT molecular complexity index is 284. The van der Waals surface area contributed by atoms with Crippen molar-refractivity contribution in [2.75, 3.05) is 79.0 Å². The van der Waals surface area contributed by atoms with Crippen molar-refractivity contribution in [2.45, 2.75) is 12.5 Å². The number of hydrogen-bond donors (Lipinski definition) is 2. The van der Waals surface area contributed by atoms with E-state index in [0.29, 0.717) is 0 Å². The summed E-state index contributed by atoms with van der Waals surface area (Å²) < 4.78 is 0. The fraction of sp³-hybridized carbons (Fsp3) is 1.00. The van der Waals surface area contributed by atoms with E-state index in [9.17, 15) is 0 Å². The molecule has 0 aromatic carbocycles. The zero-order chi connectivity index (χ0) is 13.8. The average molecular weight is 281 g/mol. The molecule has 116 valence electrons. The van der Waals surface area contributed by atoms with Crippen LogP contribution in [-0.2, 0) is 0 Å². The Morgan fingerprint density at radius 2 is 1.65 bits per heavy atom. The third-order valence-corrected chi connectivity index (χ3v) is 5.30. The molecule has 0 saturated carbocycles. The minimum Gasteiger partial charge on any atom is -0.315 e. The van der Waals surface area contributed by atoms with Crippen molar-refractivity contribution in [1.29, 1.82) is 0 Å². The van der Waals surface area contributed by atoms with Crippen LogP contribution < -0.4 is 10.6 Å². The van der Waals surface area contributed by atoms with Gasteiger partial charge in [0.15, 0.2) is 0 Å². The molecule has 0 aromatic rings. The molecule has 20 heavy (non-hydrogen) atoms. The summed E-state index contributed by atoms with van der Waals surface area (Å²) in [7, 11) is 2.24. The molecular formula is C15H31N5. The Morgan fingerprint density at radius 3 is 2.40 bits per heavy atom. The van der Waals surface area contributed by atoms with E-state index in [2.05, 4.69) is 32.4 Å². The van der Waals surface area contributed by atoms with Crippen molar-refractivity contribution in [3.63, 3.8) is 0 Å². The maximum absolute atomic E-state index is 3.62. The number of likely N-dealkylation sites (N-methyl/N-ethyl adjacent to an activating group) is 1. The molecule has 0 aromatic heterocycles. The molecule has 3 rings (SSSR count). The number of nitrogens with one attached hydrogen (secondary N) is 2. The summed E-state index contributed by atoms with van der Waals surface area (Å²) in [5, 5.41) is 7.09. The molecule has 5 nitrogen and oxygen atoms in total. The Labute approximate surface area is 123 Å². The number of rotatable bonds is 3. The van der Waals surface area contributed by atoms with Crippen LogP contribution in [0.2, 0.25) is 0 Å². The summed E-state index contributed by atoms with van der Waals surface area (Å²) in [4.78, 5) is 7.88. The van der Waals surface area contributed by atoms with Crippen molar-refractivity contribution in [2.24, 2.45) is 5.92 Å². The van der Waals surface area contributed by atoms with Crippen LogP contribution in [0.25, 0.3) is 0 Å². The molecule has 2 N–H and O–H groups in total. The average Bonchev–Trinajstić information content (AvgIpc) is 2.50. The first-order valence-corrected chi connectivity index (χ1v) is 8.39. The van der Waals surface area contributed by atoms with Crippen LogP contribution in [-0.4, -0.2) is 99.8 Å². The van der Waals surface area contributed by atoms with Crippen molar-refractivity contribution >= 4 is 0 Å². The highest BCUT2D eigenvalue weighted by Crippen LogP contribution is 2.21. The van der Waals surface area contributed by atoms with Gasteiger partial charge in [0.1, 0.15) is 0 Å². The molecular weight excluding hydrogens is 250 g/mol. The van der Waals surface area contributed by atoms with Crippen LogP contribution in [0.15, 0.2) is 0 Å². The van der Waals surface area contributed by atoms with E-state index in [0.717, 1.165) is 12.0 Å². The molecule has 3 fully saturated rings. The summed E-state index contributed by atoms with van der Waals surface area (Å²) >= 11 is 0. The van der Waals surface area contributed by atoms with E-state index < -0.39 is 0 Å². The van der Waals surface area contributed by atoms with Gasteiger partial charge < -0.3 is 20.4 Å². The second-order valence-corrected chi connectivity index (χ2v) is 6.71. The van der Waals surface area contributed by atoms with Gasteiger partial charge in [0.2, 0.25) is 0 Å². The lowest BCUT2D eigenvalue weighted by molar-refractivity contribution is 0.0485. The van der Waals surface area contributed by atoms with Gasteiger partial charge in [-0.15, -0.1) is 0 Å². The van der Waals surface area contributed by atoms with Gasteiger partial charge in [-0.1, -0.05) is 0 Å². The topological polar surface area (TPSA) is 33.8 Å². The third kappa shape index (κ3) is 3.71. The first-order valence-electron chi connectivity index (χ1n) is 8.39. The molecule has 0 aliphatic carbocycles. The molecule has 0 amide bonds. The first-order chi connectivity index (χ1) is 9.83. The summed E-state index contributed by atoms with van der Waals surface area (Å²) in [5.74, 6) is 0.859. The van der Waals surface area contributed by atoms with Crippen LogP contribution in [0, 0.1) is 5.92 Å². The summed E-state index contributed by atoms with van der Waals surface area (Å²) in [6, 6.07) is 0.757. The van der Waals surface area contributed by atoms with Crippen molar-refractivity contribution < 1.29 is 0 Å². The summed E-state index contributed by atoms with van der Waals surface area (Å²) in [6.45, 7) is 13.5. The highest BCUT2D eigenvalue weighted by Gasteiger charge is 2.32. The van der Waals surface area contributed by atoms with Gasteiger partial charge in [-0.3, -0.25) is 4.90 Å². The number of piperidine rings is 1. The fourth-order valence-corrected chi connectivity index (χ4v) is 3.92. The van der Waals surface area contributed by atoms with Crippen LogP contribution in [0.3, 0.4) is 0 Å². The highest BCUT2D eigenvalue weighted by molar-refractivity contribution is 4.90. The smallest absolute Gasteiger partial charge is 0.0262 e. The second-order valence-electron chi connectivity index (χ2n) is 6.71. The standard InChI is InChI=1S/C15H31N5/c1-18-8-10-20(11-9-18)15-12-17-3-2-14(15)13-19-6-4-16-5-7-19/h14-17H,2-13H2,1H3. The summed E-state index contributed by atoms with van der Waals surface area (Å²) in [6.07, 6.45) is 1.35. The van der Waals surface area contributed by atoms with E-state index in [1.807, 2.05) is 0 Å². The van der Waals surface area contributed by atoms with Gasteiger partial charge >= 0.3 is 0 Å². The fourth-order valence-electron chi connectivity index (χ4n) is 3.92. The zero-order valence-corrected chi connectivity index (χ0v) is 13.0. The molecule has 3 heterocycles. The van der Waals surface area contributed by atoms with Crippen LogP contribution in [0.4, 0.5) is 0 Å². The quantitative estimate of drug-likeness (QED) is 0.702. The van der Waals surface area contributed by atoms with E-state index in [1.165, 1.54) is 78.4 Å². The van der Waals surface area contributed by atoms with Gasteiger partial charge in [-0.25, -0.2) is 0 Å². The van der Waals surface area contributed by atoms with Crippen molar-refractivity contribution in [3.05, 3.63) is 0 Å². The van der Waals surface area contributed by atoms with Gasteiger partial charge in [-0.2, -0.15) is 0 Å². The minimum atomic E-state index is 0.757. The van der Waals surface area contributed by atoms with Gasteiger partial charge in [0, 0.05) is 71.5 Å². The molecule has 3 saturated heterocycles. The van der Waals surface area contributed by atoms with E-state index in [1.54, 1.807) is 0 Å². The van der Waals surface area contributed by atoms with Crippen molar-refractivity contribution in [3.8, 4) is 0 Å². The third-order valence-electron chi connectivity index (χ3n) is 5.30. The van der Waals surface area contributed by atoms with Crippen LogP contribution in [0.1, 0.15) is 6.42 Å². The molecule has 2 unspecified atom stereocenters. The Kier molecular flexibility index (Phi) is 5.29. The normalized spacial score (nSPS) is 35.2. The van der Waals surface area contributed by atoms with E-state index in [-0.39, 0.29) is 0 Å². The molecule has 5 heteroatoms. The minimum absolute atomic E-state index is 0.757. The monoisotopic (exact) mass is 281 g/mol. The predicted molar refractivity (Wildman–Crippen MR) is 83.1 cm³/mol. The lowest BCUT2D eigenvalue weighted by atomic mass is 9.90. The zero-order valence-electron chi connectivity index (χ0n) is 13.0. The largest absolute Gasteiger partial charge is 0.315 e. The Balaban J connectivity index is 1.55. The molecule has 0 bridgehead atoms. The van der Waals surface area contributed by atoms with E-state index >= 15 is 0 Å². The van der Waals surface area contributed by atoms with Crippen LogP contribution >= 0.6 is 0 Å². The molecule has 3 aliphatic rings. The number of hydrogen-bond acceptors (Lipinski definition) is 5.